The molecule has 1 aliphatic rings. The van der Waals surface area contributed by atoms with Crippen LogP contribution in [0, 0.1) is 6.92 Å². The predicted octanol–water partition coefficient (Wildman–Crippen LogP) is 2.31. The number of morpholine rings is 1. The Morgan fingerprint density at radius 2 is 2.29 bits per heavy atom. The van der Waals surface area contributed by atoms with E-state index in [0.29, 0.717) is 37.2 Å². The van der Waals surface area contributed by atoms with Crippen molar-refractivity contribution in [2.75, 3.05) is 19.8 Å². The molecule has 0 spiro atoms. The third-order valence-corrected chi connectivity index (χ3v) is 4.56. The molecule has 1 amide bonds. The van der Waals surface area contributed by atoms with Gasteiger partial charge in [-0.3, -0.25) is 4.79 Å². The maximum atomic E-state index is 12.7. The summed E-state index contributed by atoms with van der Waals surface area (Å²) < 4.78 is 15.9. The van der Waals surface area contributed by atoms with Crippen molar-refractivity contribution >= 4 is 17.2 Å². The van der Waals surface area contributed by atoms with Gasteiger partial charge < -0.3 is 18.7 Å². The van der Waals surface area contributed by atoms with E-state index in [9.17, 15) is 4.79 Å². The first-order valence-electron chi connectivity index (χ1n) is 7.42. The zero-order chi connectivity index (χ0) is 16.5. The van der Waals surface area contributed by atoms with E-state index in [1.165, 1.54) is 11.3 Å². The summed E-state index contributed by atoms with van der Waals surface area (Å²) in [5, 5.41) is 9.71. The van der Waals surface area contributed by atoms with Gasteiger partial charge in [-0.25, -0.2) is 0 Å². The molecule has 4 rings (SSSR count). The minimum Gasteiger partial charge on any atom is -0.377 e. The molecular weight excluding hydrogens is 332 g/mol. The van der Waals surface area contributed by atoms with E-state index in [1.54, 1.807) is 17.9 Å². The van der Waals surface area contributed by atoms with Crippen molar-refractivity contribution in [1.82, 2.24) is 20.2 Å². The van der Waals surface area contributed by atoms with Crippen LogP contribution < -0.4 is 0 Å². The Hall–Kier alpha value is -2.52. The van der Waals surface area contributed by atoms with Crippen LogP contribution in [0.3, 0.4) is 0 Å². The lowest BCUT2D eigenvalue weighted by Crippen LogP contribution is -2.43. The summed E-state index contributed by atoms with van der Waals surface area (Å²) >= 11 is 1.52. The van der Waals surface area contributed by atoms with Crippen molar-refractivity contribution in [2.24, 2.45) is 0 Å². The molecule has 0 aliphatic carbocycles. The normalized spacial score (nSPS) is 18.0. The monoisotopic (exact) mass is 346 g/mol. The average molecular weight is 346 g/mol. The van der Waals surface area contributed by atoms with Gasteiger partial charge in [-0.05, 0) is 18.4 Å². The van der Waals surface area contributed by atoms with Crippen LogP contribution in [0.5, 0.6) is 0 Å². The largest absolute Gasteiger partial charge is 0.377 e. The number of aromatic nitrogens is 3. The van der Waals surface area contributed by atoms with Gasteiger partial charge in [0.1, 0.15) is 6.04 Å². The number of hydrogen-bond acceptors (Lipinski definition) is 8. The van der Waals surface area contributed by atoms with Crippen LogP contribution in [0.25, 0.3) is 10.7 Å². The maximum Gasteiger partial charge on any atom is 0.293 e. The molecular formula is C15H14N4O4S. The highest BCUT2D eigenvalue weighted by Gasteiger charge is 2.35. The Kier molecular flexibility index (Phi) is 3.87. The van der Waals surface area contributed by atoms with Gasteiger partial charge in [0, 0.05) is 12.6 Å². The van der Waals surface area contributed by atoms with Crippen LogP contribution in [0.4, 0.5) is 0 Å². The first kappa shape index (κ1) is 15.0. The highest BCUT2D eigenvalue weighted by molar-refractivity contribution is 7.13. The minimum absolute atomic E-state index is 0.192. The number of rotatable bonds is 3. The number of carbonyl (C=O) groups excluding carboxylic acids is 1. The first-order chi connectivity index (χ1) is 11.7. The lowest BCUT2D eigenvalue weighted by Gasteiger charge is -2.32. The van der Waals surface area contributed by atoms with Crippen molar-refractivity contribution in [3.05, 3.63) is 40.9 Å². The van der Waals surface area contributed by atoms with Crippen molar-refractivity contribution in [2.45, 2.75) is 13.0 Å². The maximum absolute atomic E-state index is 12.7. The number of carbonyl (C=O) groups is 1. The molecule has 8 nitrogen and oxygen atoms in total. The standard InChI is InChI=1S/C15H14N4O4S/c1-9-7-11(22-17-9)15(20)19-4-5-21-8-10(19)14-16-13(18-23-14)12-3-2-6-24-12/h2-3,6-7,10H,4-5,8H2,1H3/t10-/m0/s1. The van der Waals surface area contributed by atoms with E-state index in [2.05, 4.69) is 15.3 Å². The smallest absolute Gasteiger partial charge is 0.293 e. The third kappa shape index (κ3) is 2.72. The Balaban J connectivity index is 1.61. The quantitative estimate of drug-likeness (QED) is 0.718. The van der Waals surface area contributed by atoms with Crippen LogP contribution in [0.1, 0.15) is 28.2 Å². The fourth-order valence-corrected chi connectivity index (χ4v) is 3.18. The summed E-state index contributed by atoms with van der Waals surface area (Å²) in [6, 6.07) is 5.00. The molecule has 3 aromatic rings. The van der Waals surface area contributed by atoms with E-state index in [4.69, 9.17) is 13.8 Å². The van der Waals surface area contributed by atoms with E-state index in [0.717, 1.165) is 4.88 Å². The molecule has 3 aromatic heterocycles. The lowest BCUT2D eigenvalue weighted by molar-refractivity contribution is -0.0137. The number of hydrogen-bond donors (Lipinski definition) is 0. The molecule has 0 radical (unpaired) electrons. The SMILES string of the molecule is Cc1cc(C(=O)N2CCOC[C@H]2c2nc(-c3cccs3)no2)on1. The van der Waals surface area contributed by atoms with Crippen molar-refractivity contribution in [3.8, 4) is 10.7 Å². The minimum atomic E-state index is -0.446. The summed E-state index contributed by atoms with van der Waals surface area (Å²) in [5.41, 5.74) is 0.654. The summed E-state index contributed by atoms with van der Waals surface area (Å²) in [4.78, 5) is 19.6. The predicted molar refractivity (Wildman–Crippen MR) is 83.4 cm³/mol. The number of ether oxygens (including phenoxy) is 1. The van der Waals surface area contributed by atoms with Crippen LogP contribution in [0.15, 0.2) is 32.6 Å². The summed E-state index contributed by atoms with van der Waals surface area (Å²) in [6.07, 6.45) is 0. The lowest BCUT2D eigenvalue weighted by atomic mass is 10.2. The average Bonchev–Trinajstić information content (AvgIpc) is 3.35. The molecule has 0 N–H and O–H groups in total. The van der Waals surface area contributed by atoms with Crippen LogP contribution >= 0.6 is 11.3 Å². The van der Waals surface area contributed by atoms with Crippen molar-refractivity contribution in [3.63, 3.8) is 0 Å². The van der Waals surface area contributed by atoms with E-state index in [1.807, 2.05) is 17.5 Å². The Morgan fingerprint density at radius 1 is 1.38 bits per heavy atom. The topological polar surface area (TPSA) is 94.5 Å². The molecule has 1 atom stereocenters. The molecule has 9 heteroatoms. The molecule has 1 saturated heterocycles. The van der Waals surface area contributed by atoms with Crippen molar-refractivity contribution < 1.29 is 18.6 Å². The first-order valence-corrected chi connectivity index (χ1v) is 8.30. The molecule has 0 bridgehead atoms. The van der Waals surface area contributed by atoms with Gasteiger partial charge in [0.25, 0.3) is 11.8 Å². The molecule has 24 heavy (non-hydrogen) atoms. The summed E-state index contributed by atoms with van der Waals surface area (Å²) in [5.74, 6) is 0.785. The number of amides is 1. The molecule has 0 saturated carbocycles. The zero-order valence-corrected chi connectivity index (χ0v) is 13.7. The van der Waals surface area contributed by atoms with E-state index < -0.39 is 6.04 Å². The molecule has 4 heterocycles. The summed E-state index contributed by atoms with van der Waals surface area (Å²) in [6.45, 7) is 2.93. The van der Waals surface area contributed by atoms with Crippen LogP contribution in [-0.2, 0) is 4.74 Å². The van der Waals surface area contributed by atoms with Gasteiger partial charge in [-0.15, -0.1) is 11.3 Å². The second-order valence-corrected chi connectivity index (χ2v) is 6.30. The molecule has 124 valence electrons. The zero-order valence-electron chi connectivity index (χ0n) is 12.8. The molecule has 1 fully saturated rings. The van der Waals surface area contributed by atoms with Crippen LogP contribution in [0.2, 0.25) is 0 Å². The molecule has 1 aliphatic heterocycles. The Labute approximate surface area is 141 Å². The van der Waals surface area contributed by atoms with Crippen molar-refractivity contribution in [1.29, 1.82) is 0 Å². The highest BCUT2D eigenvalue weighted by atomic mass is 32.1. The van der Waals surface area contributed by atoms with Crippen LogP contribution in [-0.4, -0.2) is 45.9 Å². The van der Waals surface area contributed by atoms with Gasteiger partial charge in [0.05, 0.1) is 23.8 Å². The van der Waals surface area contributed by atoms with E-state index >= 15 is 0 Å². The molecule has 0 unspecified atom stereocenters. The second-order valence-electron chi connectivity index (χ2n) is 5.36. The van der Waals surface area contributed by atoms with Gasteiger partial charge in [-0.1, -0.05) is 16.4 Å². The number of aryl methyl sites for hydroxylation is 1. The summed E-state index contributed by atoms with van der Waals surface area (Å²) in [7, 11) is 0. The van der Waals surface area contributed by atoms with Gasteiger partial charge in [0.15, 0.2) is 0 Å². The highest BCUT2D eigenvalue weighted by Crippen LogP contribution is 2.28. The fraction of sp³-hybridized carbons (Fsp3) is 0.333. The van der Waals surface area contributed by atoms with Gasteiger partial charge in [0.2, 0.25) is 11.6 Å². The molecule has 0 aromatic carbocycles. The van der Waals surface area contributed by atoms with Gasteiger partial charge in [-0.2, -0.15) is 4.98 Å². The Morgan fingerprint density at radius 3 is 3.04 bits per heavy atom. The van der Waals surface area contributed by atoms with Gasteiger partial charge >= 0.3 is 0 Å². The third-order valence-electron chi connectivity index (χ3n) is 3.70. The second kappa shape index (κ2) is 6.17. The fourth-order valence-electron chi connectivity index (χ4n) is 2.53. The van der Waals surface area contributed by atoms with E-state index in [-0.39, 0.29) is 11.7 Å². The number of thiophene rings is 1. The number of nitrogens with zero attached hydrogens (tertiary/aromatic N) is 4. The Bertz CT molecular complexity index is 841.